The van der Waals surface area contributed by atoms with E-state index in [1.165, 1.54) is 11.1 Å². The van der Waals surface area contributed by atoms with Crippen LogP contribution in [0.3, 0.4) is 0 Å². The Morgan fingerprint density at radius 3 is 2.79 bits per heavy atom. The Balaban J connectivity index is 2.06. The molecule has 0 aliphatic carbocycles. The highest BCUT2D eigenvalue weighted by molar-refractivity contribution is 5.38. The molecule has 0 aliphatic heterocycles. The molecule has 1 atom stereocenters. The third kappa shape index (κ3) is 3.35. The van der Waals surface area contributed by atoms with Crippen molar-refractivity contribution < 1.29 is 4.74 Å². The molecule has 102 valence electrons. The van der Waals surface area contributed by atoms with Gasteiger partial charge in [-0.2, -0.15) is 5.10 Å². The van der Waals surface area contributed by atoms with Crippen molar-refractivity contribution in [3.63, 3.8) is 0 Å². The highest BCUT2D eigenvalue weighted by atomic mass is 16.5. The minimum Gasteiger partial charge on any atom is -0.496 e. The number of aryl methyl sites for hydroxylation is 2. The summed E-state index contributed by atoms with van der Waals surface area (Å²) in [5, 5.41) is 7.83. The fraction of sp³-hybridized carbons (Fsp3) is 0.400. The lowest BCUT2D eigenvalue weighted by molar-refractivity contribution is 0.401. The standard InChI is InChI=1S/C15H21N3O/c1-11-5-6-15(19-4)14(9-11)12(2)16-10-13-7-8-18(3)17-13/h5-9,12,16H,10H2,1-4H3. The smallest absolute Gasteiger partial charge is 0.123 e. The molecule has 0 radical (unpaired) electrons. The second-order valence-electron chi connectivity index (χ2n) is 4.83. The number of nitrogens with zero attached hydrogens (tertiary/aromatic N) is 2. The summed E-state index contributed by atoms with van der Waals surface area (Å²) < 4.78 is 7.23. The average Bonchev–Trinajstić information content (AvgIpc) is 2.81. The third-order valence-corrected chi connectivity index (χ3v) is 3.21. The number of benzene rings is 1. The molecule has 1 heterocycles. The quantitative estimate of drug-likeness (QED) is 0.897. The van der Waals surface area contributed by atoms with Gasteiger partial charge in [0, 0.05) is 31.4 Å². The van der Waals surface area contributed by atoms with E-state index in [1.54, 1.807) is 7.11 Å². The van der Waals surface area contributed by atoms with Gasteiger partial charge < -0.3 is 10.1 Å². The van der Waals surface area contributed by atoms with E-state index in [-0.39, 0.29) is 6.04 Å². The number of nitrogens with one attached hydrogen (secondary N) is 1. The van der Waals surface area contributed by atoms with Crippen molar-refractivity contribution in [2.24, 2.45) is 7.05 Å². The second-order valence-corrected chi connectivity index (χ2v) is 4.83. The topological polar surface area (TPSA) is 39.1 Å². The van der Waals surface area contributed by atoms with Gasteiger partial charge in [-0.25, -0.2) is 0 Å². The molecule has 1 N–H and O–H groups in total. The summed E-state index contributed by atoms with van der Waals surface area (Å²) in [6.45, 7) is 4.98. The molecule has 1 unspecified atom stereocenters. The van der Waals surface area contributed by atoms with Gasteiger partial charge in [0.2, 0.25) is 0 Å². The van der Waals surface area contributed by atoms with Crippen LogP contribution >= 0.6 is 0 Å². The monoisotopic (exact) mass is 259 g/mol. The highest BCUT2D eigenvalue weighted by Crippen LogP contribution is 2.26. The maximum absolute atomic E-state index is 5.42. The van der Waals surface area contributed by atoms with Crippen molar-refractivity contribution in [3.05, 3.63) is 47.3 Å². The number of aromatic nitrogens is 2. The molecule has 0 amide bonds. The number of ether oxygens (including phenoxy) is 1. The fourth-order valence-corrected chi connectivity index (χ4v) is 2.12. The summed E-state index contributed by atoms with van der Waals surface area (Å²) in [7, 11) is 3.64. The molecular weight excluding hydrogens is 238 g/mol. The van der Waals surface area contributed by atoms with Crippen molar-refractivity contribution >= 4 is 0 Å². The summed E-state index contributed by atoms with van der Waals surface area (Å²) in [4.78, 5) is 0. The largest absolute Gasteiger partial charge is 0.496 e. The zero-order valence-electron chi connectivity index (χ0n) is 12.0. The summed E-state index contributed by atoms with van der Waals surface area (Å²) in [6, 6.07) is 8.48. The minimum absolute atomic E-state index is 0.219. The van der Waals surface area contributed by atoms with Gasteiger partial charge in [0.25, 0.3) is 0 Å². The Kier molecular flexibility index (Phi) is 4.22. The second kappa shape index (κ2) is 5.89. The third-order valence-electron chi connectivity index (χ3n) is 3.21. The van der Waals surface area contributed by atoms with Crippen LogP contribution in [-0.4, -0.2) is 16.9 Å². The molecule has 4 nitrogen and oxygen atoms in total. The molecular formula is C15H21N3O. The van der Waals surface area contributed by atoms with Crippen LogP contribution in [0.5, 0.6) is 5.75 Å². The van der Waals surface area contributed by atoms with Gasteiger partial charge >= 0.3 is 0 Å². The van der Waals surface area contributed by atoms with Gasteiger partial charge in [-0.1, -0.05) is 17.7 Å². The minimum atomic E-state index is 0.219. The molecule has 1 aromatic heterocycles. The predicted molar refractivity (Wildman–Crippen MR) is 76.2 cm³/mol. The fourth-order valence-electron chi connectivity index (χ4n) is 2.12. The lowest BCUT2D eigenvalue weighted by Crippen LogP contribution is -2.19. The lowest BCUT2D eigenvalue weighted by atomic mass is 10.0. The molecule has 2 rings (SSSR count). The maximum Gasteiger partial charge on any atom is 0.123 e. The van der Waals surface area contributed by atoms with Crippen LogP contribution in [0.2, 0.25) is 0 Å². The Labute approximate surface area is 114 Å². The van der Waals surface area contributed by atoms with Gasteiger partial charge in [-0.05, 0) is 26.0 Å². The van der Waals surface area contributed by atoms with Gasteiger partial charge in [0.1, 0.15) is 5.75 Å². The van der Waals surface area contributed by atoms with Gasteiger partial charge in [0.05, 0.1) is 12.8 Å². The first-order chi connectivity index (χ1) is 9.10. The first-order valence-electron chi connectivity index (χ1n) is 6.46. The van der Waals surface area contributed by atoms with Crippen LogP contribution in [0.4, 0.5) is 0 Å². The first kappa shape index (κ1) is 13.6. The molecule has 4 heteroatoms. The van der Waals surface area contributed by atoms with Gasteiger partial charge in [-0.3, -0.25) is 4.68 Å². The van der Waals surface area contributed by atoms with Crippen LogP contribution in [0.15, 0.2) is 30.5 Å². The van der Waals surface area contributed by atoms with E-state index in [4.69, 9.17) is 4.74 Å². The van der Waals surface area contributed by atoms with Crippen molar-refractivity contribution in [1.29, 1.82) is 0 Å². The zero-order chi connectivity index (χ0) is 13.8. The van der Waals surface area contributed by atoms with E-state index < -0.39 is 0 Å². The van der Waals surface area contributed by atoms with E-state index in [0.29, 0.717) is 0 Å². The Bertz CT molecular complexity index is 548. The highest BCUT2D eigenvalue weighted by Gasteiger charge is 2.11. The van der Waals surface area contributed by atoms with E-state index in [2.05, 4.69) is 36.4 Å². The van der Waals surface area contributed by atoms with Crippen molar-refractivity contribution in [3.8, 4) is 5.75 Å². The summed E-state index contributed by atoms with van der Waals surface area (Å²) >= 11 is 0. The normalized spacial score (nSPS) is 12.4. The molecule has 0 spiro atoms. The van der Waals surface area contributed by atoms with Crippen LogP contribution < -0.4 is 10.1 Å². The molecule has 0 aliphatic rings. The maximum atomic E-state index is 5.42. The zero-order valence-corrected chi connectivity index (χ0v) is 12.0. The van der Waals surface area contributed by atoms with Crippen LogP contribution in [0.1, 0.15) is 29.8 Å². The van der Waals surface area contributed by atoms with E-state index in [9.17, 15) is 0 Å². The Morgan fingerprint density at radius 1 is 1.37 bits per heavy atom. The van der Waals surface area contributed by atoms with Crippen molar-refractivity contribution in [2.75, 3.05) is 7.11 Å². The SMILES string of the molecule is COc1ccc(C)cc1C(C)NCc1ccn(C)n1. The predicted octanol–water partition coefficient (Wildman–Crippen LogP) is 2.59. The molecule has 0 fully saturated rings. The molecule has 1 aromatic carbocycles. The van der Waals surface area contributed by atoms with Crippen molar-refractivity contribution in [2.45, 2.75) is 26.4 Å². The average molecular weight is 259 g/mol. The molecule has 2 aromatic rings. The van der Waals surface area contributed by atoms with Crippen LogP contribution in [0.25, 0.3) is 0 Å². The van der Waals surface area contributed by atoms with E-state index in [0.717, 1.165) is 18.0 Å². The number of hydrogen-bond donors (Lipinski definition) is 1. The lowest BCUT2D eigenvalue weighted by Gasteiger charge is -2.17. The summed E-state index contributed by atoms with van der Waals surface area (Å²) in [5.41, 5.74) is 3.46. The molecule has 0 saturated heterocycles. The Morgan fingerprint density at radius 2 is 2.16 bits per heavy atom. The number of methoxy groups -OCH3 is 1. The van der Waals surface area contributed by atoms with Crippen LogP contribution in [0, 0.1) is 6.92 Å². The first-order valence-corrected chi connectivity index (χ1v) is 6.46. The van der Waals surface area contributed by atoms with Crippen molar-refractivity contribution in [1.82, 2.24) is 15.1 Å². The van der Waals surface area contributed by atoms with E-state index >= 15 is 0 Å². The number of rotatable bonds is 5. The summed E-state index contributed by atoms with van der Waals surface area (Å²) in [6.07, 6.45) is 1.95. The summed E-state index contributed by atoms with van der Waals surface area (Å²) in [5.74, 6) is 0.923. The van der Waals surface area contributed by atoms with E-state index in [1.807, 2.05) is 30.1 Å². The molecule has 0 bridgehead atoms. The Hall–Kier alpha value is -1.81. The van der Waals surface area contributed by atoms with Crippen LogP contribution in [-0.2, 0) is 13.6 Å². The van der Waals surface area contributed by atoms with Gasteiger partial charge in [-0.15, -0.1) is 0 Å². The number of hydrogen-bond acceptors (Lipinski definition) is 3. The molecule has 0 saturated carbocycles. The van der Waals surface area contributed by atoms with Gasteiger partial charge in [0.15, 0.2) is 0 Å². The molecule has 19 heavy (non-hydrogen) atoms.